The number of carboxylic acids is 1. The molecule has 0 fully saturated rings. The molecule has 5 nitrogen and oxygen atoms in total. The first-order valence-electron chi connectivity index (χ1n) is 8.91. The van der Waals surface area contributed by atoms with Gasteiger partial charge in [-0.2, -0.15) is 11.8 Å². The van der Waals surface area contributed by atoms with Gasteiger partial charge in [0.2, 0.25) is 5.91 Å². The van der Waals surface area contributed by atoms with Gasteiger partial charge in [0.05, 0.1) is 5.52 Å². The summed E-state index contributed by atoms with van der Waals surface area (Å²) >= 11 is 1.46. The van der Waals surface area contributed by atoms with E-state index in [1.807, 2.05) is 36.4 Å². The van der Waals surface area contributed by atoms with Gasteiger partial charge in [-0.1, -0.05) is 30.3 Å². The smallest absolute Gasteiger partial charge is 0.327 e. The Morgan fingerprint density at radius 3 is 2.68 bits per heavy atom. The maximum atomic E-state index is 13.4. The lowest BCUT2D eigenvalue weighted by atomic mass is 10.2. The molecule has 1 unspecified atom stereocenters. The highest BCUT2D eigenvalue weighted by atomic mass is 32.2. The molecule has 3 rings (SSSR count). The number of aliphatic carboxylic acids is 1. The summed E-state index contributed by atoms with van der Waals surface area (Å²) in [5.74, 6) is -0.763. The molecular weight excluding hydrogens is 379 g/mol. The van der Waals surface area contributed by atoms with Crippen LogP contribution < -0.4 is 5.32 Å². The van der Waals surface area contributed by atoms with Gasteiger partial charge in [0.25, 0.3) is 0 Å². The van der Waals surface area contributed by atoms with E-state index in [1.54, 1.807) is 16.8 Å². The fourth-order valence-electron chi connectivity index (χ4n) is 2.88. The van der Waals surface area contributed by atoms with E-state index in [0.29, 0.717) is 17.8 Å². The average molecular weight is 400 g/mol. The van der Waals surface area contributed by atoms with Crippen LogP contribution in [-0.4, -0.2) is 33.3 Å². The highest BCUT2D eigenvalue weighted by molar-refractivity contribution is 7.98. The van der Waals surface area contributed by atoms with E-state index in [1.165, 1.54) is 23.9 Å². The van der Waals surface area contributed by atoms with Gasteiger partial charge in [-0.15, -0.1) is 0 Å². The van der Waals surface area contributed by atoms with Crippen LogP contribution in [0.25, 0.3) is 10.9 Å². The largest absolute Gasteiger partial charge is 0.480 e. The van der Waals surface area contributed by atoms with Gasteiger partial charge >= 0.3 is 5.97 Å². The monoisotopic (exact) mass is 400 g/mol. The summed E-state index contributed by atoms with van der Waals surface area (Å²) in [5.41, 5.74) is 1.82. The van der Waals surface area contributed by atoms with Crippen molar-refractivity contribution in [3.63, 3.8) is 0 Å². The molecule has 0 bridgehead atoms. The molecule has 0 aliphatic rings. The summed E-state index contributed by atoms with van der Waals surface area (Å²) in [4.78, 5) is 23.7. The second-order valence-electron chi connectivity index (χ2n) is 6.42. The third-order valence-electron chi connectivity index (χ3n) is 4.35. The van der Waals surface area contributed by atoms with Gasteiger partial charge in [0.15, 0.2) is 0 Å². The second-order valence-corrected chi connectivity index (χ2v) is 7.45. The number of aromatic nitrogens is 1. The number of aryl methyl sites for hydroxylation is 1. The summed E-state index contributed by atoms with van der Waals surface area (Å²) in [7, 11) is 0. The second kappa shape index (κ2) is 9.41. The third-order valence-corrected chi connectivity index (χ3v) is 5.45. The van der Waals surface area contributed by atoms with Crippen molar-refractivity contribution >= 4 is 34.5 Å². The fourth-order valence-corrected chi connectivity index (χ4v) is 3.89. The van der Waals surface area contributed by atoms with Gasteiger partial charge < -0.3 is 15.0 Å². The number of hydrogen-bond acceptors (Lipinski definition) is 3. The van der Waals surface area contributed by atoms with E-state index in [0.717, 1.165) is 10.9 Å². The Labute approximate surface area is 166 Å². The summed E-state index contributed by atoms with van der Waals surface area (Å²) in [6, 6.07) is 15.2. The molecule has 1 atom stereocenters. The topological polar surface area (TPSA) is 71.3 Å². The number of nitrogens with zero attached hydrogens (tertiary/aromatic N) is 1. The van der Waals surface area contributed by atoms with Crippen molar-refractivity contribution in [1.82, 2.24) is 9.88 Å². The Hall–Kier alpha value is -2.80. The molecule has 0 aliphatic carbocycles. The van der Waals surface area contributed by atoms with Gasteiger partial charge in [0, 0.05) is 30.7 Å². The maximum absolute atomic E-state index is 13.4. The average Bonchev–Trinajstić information content (AvgIpc) is 3.08. The molecule has 146 valence electrons. The molecule has 0 saturated carbocycles. The van der Waals surface area contributed by atoms with Crippen LogP contribution in [0.5, 0.6) is 0 Å². The molecule has 1 aromatic heterocycles. The summed E-state index contributed by atoms with van der Waals surface area (Å²) in [6.45, 7) is 0.349. The SMILES string of the molecule is O=C(CCn1ccc2ccc(F)cc21)NC(CSCc1ccccc1)C(=O)O. The van der Waals surface area contributed by atoms with Crippen LogP contribution in [0.3, 0.4) is 0 Å². The van der Waals surface area contributed by atoms with E-state index >= 15 is 0 Å². The zero-order valence-electron chi connectivity index (χ0n) is 15.2. The molecule has 1 amide bonds. The predicted molar refractivity (Wildman–Crippen MR) is 109 cm³/mol. The normalized spacial score (nSPS) is 12.0. The first kappa shape index (κ1) is 19.9. The van der Waals surface area contributed by atoms with E-state index in [-0.39, 0.29) is 23.9 Å². The zero-order chi connectivity index (χ0) is 19.9. The number of halogens is 1. The number of carbonyl (C=O) groups excluding carboxylic acids is 1. The van der Waals surface area contributed by atoms with Crippen molar-refractivity contribution < 1.29 is 19.1 Å². The van der Waals surface area contributed by atoms with E-state index in [9.17, 15) is 19.1 Å². The van der Waals surface area contributed by atoms with Crippen LogP contribution in [-0.2, 0) is 21.9 Å². The van der Waals surface area contributed by atoms with Gasteiger partial charge in [-0.05, 0) is 35.2 Å². The standard InChI is InChI=1S/C21H21FN2O3S/c22-17-7-6-16-8-10-24(19(16)12-17)11-9-20(25)23-18(21(26)27)14-28-13-15-4-2-1-3-5-15/h1-8,10,12,18H,9,11,13-14H2,(H,23,25)(H,26,27). The van der Waals surface area contributed by atoms with Crippen LogP contribution in [0, 0.1) is 5.82 Å². The van der Waals surface area contributed by atoms with Crippen molar-refractivity contribution in [1.29, 1.82) is 0 Å². The Balaban J connectivity index is 1.51. The lowest BCUT2D eigenvalue weighted by Gasteiger charge is -2.14. The first-order valence-corrected chi connectivity index (χ1v) is 10.1. The minimum Gasteiger partial charge on any atom is -0.480 e. The number of carboxylic acid groups (broad SMARTS) is 1. The number of amides is 1. The van der Waals surface area contributed by atoms with Crippen molar-refractivity contribution in [3.8, 4) is 0 Å². The minimum atomic E-state index is -1.05. The molecule has 0 aliphatic heterocycles. The number of nitrogens with one attached hydrogen (secondary N) is 1. The molecule has 2 N–H and O–H groups in total. The summed E-state index contributed by atoms with van der Waals surface area (Å²) in [6.07, 6.45) is 1.91. The highest BCUT2D eigenvalue weighted by Gasteiger charge is 2.20. The highest BCUT2D eigenvalue weighted by Crippen LogP contribution is 2.17. The van der Waals surface area contributed by atoms with Crippen LogP contribution in [0.1, 0.15) is 12.0 Å². The molecular formula is C21H21FN2O3S. The Bertz CT molecular complexity index is 959. The minimum absolute atomic E-state index is 0.118. The van der Waals surface area contributed by atoms with Crippen molar-refractivity contribution in [2.24, 2.45) is 0 Å². The fraction of sp³-hybridized carbons (Fsp3) is 0.238. The summed E-state index contributed by atoms with van der Waals surface area (Å²) in [5, 5.41) is 12.8. The number of carbonyl (C=O) groups is 2. The Morgan fingerprint density at radius 1 is 1.14 bits per heavy atom. The number of fused-ring (bicyclic) bond motifs is 1. The maximum Gasteiger partial charge on any atom is 0.327 e. The first-order chi connectivity index (χ1) is 13.5. The van der Waals surface area contributed by atoms with Crippen molar-refractivity contribution in [3.05, 3.63) is 72.2 Å². The summed E-state index contributed by atoms with van der Waals surface area (Å²) < 4.78 is 15.2. The van der Waals surface area contributed by atoms with Gasteiger partial charge in [0.1, 0.15) is 11.9 Å². The molecule has 0 spiro atoms. The molecule has 2 aromatic carbocycles. The van der Waals surface area contributed by atoms with Crippen LogP contribution in [0.15, 0.2) is 60.8 Å². The molecule has 7 heteroatoms. The van der Waals surface area contributed by atoms with Crippen LogP contribution in [0.4, 0.5) is 4.39 Å². The third kappa shape index (κ3) is 5.36. The zero-order valence-corrected chi connectivity index (χ0v) is 16.0. The number of thioether (sulfide) groups is 1. The van der Waals surface area contributed by atoms with E-state index in [4.69, 9.17) is 0 Å². The lowest BCUT2D eigenvalue weighted by Crippen LogP contribution is -2.42. The van der Waals surface area contributed by atoms with Crippen molar-refractivity contribution in [2.45, 2.75) is 24.8 Å². The van der Waals surface area contributed by atoms with E-state index < -0.39 is 12.0 Å². The quantitative estimate of drug-likeness (QED) is 0.575. The van der Waals surface area contributed by atoms with Gasteiger partial charge in [-0.3, -0.25) is 4.79 Å². The lowest BCUT2D eigenvalue weighted by molar-refractivity contribution is -0.141. The van der Waals surface area contributed by atoms with E-state index in [2.05, 4.69) is 5.32 Å². The molecule has 0 radical (unpaired) electrons. The molecule has 0 saturated heterocycles. The van der Waals surface area contributed by atoms with Crippen molar-refractivity contribution in [2.75, 3.05) is 5.75 Å². The van der Waals surface area contributed by atoms with Crippen LogP contribution >= 0.6 is 11.8 Å². The molecule has 3 aromatic rings. The van der Waals surface area contributed by atoms with Gasteiger partial charge in [-0.25, -0.2) is 9.18 Å². The number of hydrogen-bond donors (Lipinski definition) is 2. The molecule has 28 heavy (non-hydrogen) atoms. The Morgan fingerprint density at radius 2 is 1.93 bits per heavy atom. The number of rotatable bonds is 9. The Kier molecular flexibility index (Phi) is 6.71. The molecule has 1 heterocycles. The predicted octanol–water partition coefficient (Wildman–Crippen LogP) is 3.67. The number of benzene rings is 2. The van der Waals surface area contributed by atoms with Crippen LogP contribution in [0.2, 0.25) is 0 Å².